The summed E-state index contributed by atoms with van der Waals surface area (Å²) in [7, 11) is 0. The Morgan fingerprint density at radius 3 is 1.84 bits per heavy atom. The maximum Gasteiger partial charge on any atom is -0.0276 e. The van der Waals surface area contributed by atoms with Crippen molar-refractivity contribution < 1.29 is 0 Å². The van der Waals surface area contributed by atoms with Crippen molar-refractivity contribution in [2.75, 3.05) is 0 Å². The lowest BCUT2D eigenvalue weighted by Gasteiger charge is -2.28. The monoisotopic (exact) mass is 258 g/mol. The molecular formula is C19H30. The van der Waals surface area contributed by atoms with Gasteiger partial charge in [-0.05, 0) is 42.2 Å². The molecule has 0 N–H and O–H groups in total. The summed E-state index contributed by atoms with van der Waals surface area (Å²) in [4.78, 5) is 0. The van der Waals surface area contributed by atoms with Crippen molar-refractivity contribution in [1.29, 1.82) is 0 Å². The number of rotatable bonds is 6. The molecule has 1 aliphatic rings. The second kappa shape index (κ2) is 7.72. The molecule has 0 spiro atoms. The lowest BCUT2D eigenvalue weighted by Crippen LogP contribution is -2.15. The van der Waals surface area contributed by atoms with Gasteiger partial charge < -0.3 is 0 Å². The van der Waals surface area contributed by atoms with Gasteiger partial charge >= 0.3 is 0 Å². The molecule has 0 nitrogen and oxygen atoms in total. The fraction of sp³-hybridized carbons (Fsp3) is 0.684. The van der Waals surface area contributed by atoms with Gasteiger partial charge in [-0.15, -0.1) is 0 Å². The fourth-order valence-electron chi connectivity index (χ4n) is 3.53. The maximum absolute atomic E-state index is 2.33. The topological polar surface area (TPSA) is 0 Å². The first-order valence-corrected chi connectivity index (χ1v) is 8.39. The van der Waals surface area contributed by atoms with Crippen LogP contribution in [0.5, 0.6) is 0 Å². The highest BCUT2D eigenvalue weighted by molar-refractivity contribution is 5.22. The smallest absolute Gasteiger partial charge is 0.0276 e. The first-order valence-electron chi connectivity index (χ1n) is 8.39. The van der Waals surface area contributed by atoms with Gasteiger partial charge in [0.25, 0.3) is 0 Å². The molecule has 1 fully saturated rings. The van der Waals surface area contributed by atoms with Crippen molar-refractivity contribution in [3.63, 3.8) is 0 Å². The Kier molecular flexibility index (Phi) is 5.94. The molecule has 1 saturated carbocycles. The van der Waals surface area contributed by atoms with E-state index in [4.69, 9.17) is 0 Å². The Morgan fingerprint density at radius 2 is 1.32 bits per heavy atom. The van der Waals surface area contributed by atoms with Crippen molar-refractivity contribution in [3.8, 4) is 0 Å². The molecule has 0 bridgehead atoms. The largest absolute Gasteiger partial charge is 0.0654 e. The Bertz CT molecular complexity index is 341. The van der Waals surface area contributed by atoms with Crippen LogP contribution in [0.1, 0.15) is 69.9 Å². The second-order valence-corrected chi connectivity index (χ2v) is 6.38. The van der Waals surface area contributed by atoms with Gasteiger partial charge in [-0.1, -0.05) is 76.6 Å². The molecule has 106 valence electrons. The zero-order valence-corrected chi connectivity index (χ0v) is 12.8. The number of benzene rings is 1. The van der Waals surface area contributed by atoms with E-state index in [-0.39, 0.29) is 0 Å². The summed E-state index contributed by atoms with van der Waals surface area (Å²) in [5.41, 5.74) is 3.00. The van der Waals surface area contributed by atoms with E-state index in [0.717, 1.165) is 18.3 Å². The van der Waals surface area contributed by atoms with Crippen LogP contribution in [0.2, 0.25) is 0 Å². The molecule has 0 aliphatic heterocycles. The molecule has 0 radical (unpaired) electrons. The maximum atomic E-state index is 2.33. The van der Waals surface area contributed by atoms with Crippen LogP contribution in [-0.4, -0.2) is 0 Å². The average molecular weight is 258 g/mol. The van der Waals surface area contributed by atoms with Crippen LogP contribution in [0.4, 0.5) is 0 Å². The van der Waals surface area contributed by atoms with E-state index in [9.17, 15) is 0 Å². The lowest BCUT2D eigenvalue weighted by molar-refractivity contribution is 0.252. The minimum absolute atomic E-state index is 0.999. The number of aryl methyl sites for hydroxylation is 2. The van der Waals surface area contributed by atoms with Gasteiger partial charge in [0.1, 0.15) is 0 Å². The molecule has 0 heterocycles. The standard InChI is InChI=1S/C19H30/c1-3-5-17-10-12-19(13-11-17)15-14-18-8-6-16(4-2)7-9-18/h6-9,17,19H,3-5,10-15H2,1-2H3. The van der Waals surface area contributed by atoms with E-state index >= 15 is 0 Å². The normalized spacial score (nSPS) is 23.5. The first kappa shape index (κ1) is 14.6. The quantitative estimate of drug-likeness (QED) is 0.606. The Morgan fingerprint density at radius 1 is 0.789 bits per heavy atom. The number of hydrogen-bond donors (Lipinski definition) is 0. The molecule has 1 aromatic rings. The molecule has 2 rings (SSSR count). The SMILES string of the molecule is CCCC1CCC(CCc2ccc(CC)cc2)CC1. The molecule has 0 unspecified atom stereocenters. The molecule has 0 amide bonds. The summed E-state index contributed by atoms with van der Waals surface area (Å²) in [6, 6.07) is 9.27. The van der Waals surface area contributed by atoms with Gasteiger partial charge in [-0.25, -0.2) is 0 Å². The van der Waals surface area contributed by atoms with Crippen LogP contribution in [0.15, 0.2) is 24.3 Å². The summed E-state index contributed by atoms with van der Waals surface area (Å²) in [6.07, 6.45) is 12.6. The van der Waals surface area contributed by atoms with E-state index in [1.807, 2.05) is 0 Å². The highest BCUT2D eigenvalue weighted by Crippen LogP contribution is 2.33. The van der Waals surface area contributed by atoms with Crippen LogP contribution in [0, 0.1) is 11.8 Å². The zero-order chi connectivity index (χ0) is 13.5. The fourth-order valence-corrected chi connectivity index (χ4v) is 3.53. The van der Waals surface area contributed by atoms with Gasteiger partial charge in [0.15, 0.2) is 0 Å². The van der Waals surface area contributed by atoms with E-state index in [1.54, 1.807) is 0 Å². The third-order valence-electron chi connectivity index (χ3n) is 4.94. The van der Waals surface area contributed by atoms with Crippen molar-refractivity contribution in [3.05, 3.63) is 35.4 Å². The average Bonchev–Trinajstić information content (AvgIpc) is 2.47. The first-order chi connectivity index (χ1) is 9.31. The molecule has 0 saturated heterocycles. The van der Waals surface area contributed by atoms with Gasteiger partial charge in [0.2, 0.25) is 0 Å². The molecule has 0 atom stereocenters. The van der Waals surface area contributed by atoms with E-state index < -0.39 is 0 Å². The zero-order valence-electron chi connectivity index (χ0n) is 12.8. The summed E-state index contributed by atoms with van der Waals surface area (Å²) in [5, 5.41) is 0. The molecule has 0 aromatic heterocycles. The van der Waals surface area contributed by atoms with Crippen LogP contribution < -0.4 is 0 Å². The van der Waals surface area contributed by atoms with Gasteiger partial charge in [0, 0.05) is 0 Å². The van der Waals surface area contributed by atoms with E-state index in [1.165, 1.54) is 62.5 Å². The Labute approximate surface area is 119 Å². The van der Waals surface area contributed by atoms with Gasteiger partial charge in [-0.3, -0.25) is 0 Å². The van der Waals surface area contributed by atoms with E-state index in [2.05, 4.69) is 38.1 Å². The minimum Gasteiger partial charge on any atom is -0.0654 e. The highest BCUT2D eigenvalue weighted by Gasteiger charge is 2.20. The van der Waals surface area contributed by atoms with Crippen molar-refractivity contribution in [2.45, 2.75) is 71.6 Å². The van der Waals surface area contributed by atoms with Gasteiger partial charge in [-0.2, -0.15) is 0 Å². The third-order valence-corrected chi connectivity index (χ3v) is 4.94. The van der Waals surface area contributed by atoms with Crippen LogP contribution in [0.25, 0.3) is 0 Å². The Balaban J connectivity index is 1.71. The molecule has 1 aromatic carbocycles. The van der Waals surface area contributed by atoms with E-state index in [0.29, 0.717) is 0 Å². The van der Waals surface area contributed by atoms with Crippen LogP contribution in [-0.2, 0) is 12.8 Å². The summed E-state index contributed by atoms with van der Waals surface area (Å²) in [5.74, 6) is 2.05. The predicted molar refractivity (Wildman–Crippen MR) is 84.5 cm³/mol. The molecule has 0 heteroatoms. The van der Waals surface area contributed by atoms with Crippen LogP contribution in [0.3, 0.4) is 0 Å². The van der Waals surface area contributed by atoms with Crippen molar-refractivity contribution in [1.82, 2.24) is 0 Å². The summed E-state index contributed by atoms with van der Waals surface area (Å²) >= 11 is 0. The lowest BCUT2D eigenvalue weighted by atomic mass is 9.78. The summed E-state index contributed by atoms with van der Waals surface area (Å²) in [6.45, 7) is 4.55. The molecule has 19 heavy (non-hydrogen) atoms. The highest BCUT2D eigenvalue weighted by atomic mass is 14.3. The second-order valence-electron chi connectivity index (χ2n) is 6.38. The van der Waals surface area contributed by atoms with Crippen LogP contribution >= 0.6 is 0 Å². The Hall–Kier alpha value is -0.780. The van der Waals surface area contributed by atoms with Crippen molar-refractivity contribution in [2.24, 2.45) is 11.8 Å². The third kappa shape index (κ3) is 4.67. The minimum atomic E-state index is 0.999. The molecule has 1 aliphatic carbocycles. The summed E-state index contributed by atoms with van der Waals surface area (Å²) < 4.78 is 0. The molecular weight excluding hydrogens is 228 g/mol. The number of hydrogen-bond acceptors (Lipinski definition) is 0. The predicted octanol–water partition coefficient (Wildman–Crippen LogP) is 5.79. The van der Waals surface area contributed by atoms with Crippen molar-refractivity contribution >= 4 is 0 Å². The van der Waals surface area contributed by atoms with Gasteiger partial charge in [0.05, 0.1) is 0 Å².